The lowest BCUT2D eigenvalue weighted by Crippen LogP contribution is -2.50. The van der Waals surface area contributed by atoms with Crippen LogP contribution in [0, 0.1) is 0 Å². The molecule has 0 atom stereocenters. The number of ether oxygens (including phenoxy) is 3. The van der Waals surface area contributed by atoms with E-state index in [1.807, 2.05) is 0 Å². The Bertz CT molecular complexity index is 669. The molecule has 1 aromatic heterocycles. The van der Waals surface area contributed by atoms with Gasteiger partial charge in [0.25, 0.3) is 0 Å². The maximum atomic E-state index is 13.5. The average Bonchev–Trinajstić information content (AvgIpc) is 2.60. The zero-order valence-electron chi connectivity index (χ0n) is 16.5. The lowest BCUT2D eigenvalue weighted by Gasteiger charge is -2.37. The molecule has 0 aromatic carbocycles. The second-order valence-corrected chi connectivity index (χ2v) is 7.34. The number of carbonyl (C=O) groups is 1. The molecule has 1 amide bonds. The van der Waals surface area contributed by atoms with Crippen molar-refractivity contribution in [1.82, 2.24) is 9.88 Å². The molecule has 1 fully saturated rings. The van der Waals surface area contributed by atoms with Crippen molar-refractivity contribution < 1.29 is 32.2 Å². The normalized spacial score (nSPS) is 15.5. The summed E-state index contributed by atoms with van der Waals surface area (Å²) in [5.74, 6) is -0.143. The molecule has 7 nitrogen and oxygen atoms in total. The van der Waals surface area contributed by atoms with E-state index in [0.717, 1.165) is 6.07 Å². The molecule has 1 aromatic rings. The first-order valence-corrected chi connectivity index (χ1v) is 8.93. The van der Waals surface area contributed by atoms with Crippen LogP contribution in [0.3, 0.4) is 0 Å². The van der Waals surface area contributed by atoms with Crippen LogP contribution in [-0.2, 0) is 15.7 Å². The number of pyridine rings is 1. The van der Waals surface area contributed by atoms with Crippen molar-refractivity contribution in [2.24, 2.45) is 0 Å². The van der Waals surface area contributed by atoms with Crippen molar-refractivity contribution in [2.45, 2.75) is 32.5 Å². The highest BCUT2D eigenvalue weighted by molar-refractivity contribution is 5.68. The zero-order chi connectivity index (χ0) is 20.9. The number of amides is 1. The Hall–Kier alpha value is -2.23. The van der Waals surface area contributed by atoms with Crippen molar-refractivity contribution in [2.75, 3.05) is 51.4 Å². The minimum Gasteiger partial charge on any atom is -0.490 e. The van der Waals surface area contributed by atoms with E-state index in [-0.39, 0.29) is 51.0 Å². The van der Waals surface area contributed by atoms with Crippen molar-refractivity contribution in [3.05, 3.63) is 17.8 Å². The Morgan fingerprint density at radius 3 is 2.32 bits per heavy atom. The van der Waals surface area contributed by atoms with E-state index < -0.39 is 23.4 Å². The Kier molecular flexibility index (Phi) is 6.97. The van der Waals surface area contributed by atoms with Gasteiger partial charge in [-0.3, -0.25) is 0 Å². The number of piperazine rings is 1. The van der Waals surface area contributed by atoms with Crippen LogP contribution in [0.15, 0.2) is 12.3 Å². The maximum Gasteiger partial charge on any atom is 0.420 e. The molecule has 0 spiro atoms. The number of aromatic nitrogens is 1. The smallest absolute Gasteiger partial charge is 0.420 e. The number of carbonyl (C=O) groups excluding carboxylic acids is 1. The van der Waals surface area contributed by atoms with Crippen LogP contribution in [0.4, 0.5) is 23.8 Å². The van der Waals surface area contributed by atoms with Gasteiger partial charge in [0.1, 0.15) is 29.3 Å². The first-order valence-electron chi connectivity index (χ1n) is 8.93. The minimum atomic E-state index is -4.58. The second kappa shape index (κ2) is 8.85. The molecule has 1 saturated heterocycles. The van der Waals surface area contributed by atoms with Crippen LogP contribution in [0.25, 0.3) is 0 Å². The Balaban J connectivity index is 2.10. The highest BCUT2D eigenvalue weighted by Gasteiger charge is 2.37. The zero-order valence-corrected chi connectivity index (χ0v) is 16.5. The summed E-state index contributed by atoms with van der Waals surface area (Å²) in [6.45, 7) is 6.61. The molecule has 1 aliphatic heterocycles. The van der Waals surface area contributed by atoms with E-state index in [9.17, 15) is 18.0 Å². The van der Waals surface area contributed by atoms with Gasteiger partial charge >= 0.3 is 12.3 Å². The molecule has 0 N–H and O–H groups in total. The third-order valence-corrected chi connectivity index (χ3v) is 3.93. The van der Waals surface area contributed by atoms with Gasteiger partial charge in [0, 0.05) is 33.3 Å². The van der Waals surface area contributed by atoms with Gasteiger partial charge in [-0.2, -0.15) is 13.2 Å². The molecule has 0 saturated carbocycles. The number of hydrogen-bond donors (Lipinski definition) is 0. The SMILES string of the molecule is COCCOc1cnc(N2CCN(C(=O)OC(C)(C)C)CC2)c(C(F)(F)F)c1. The van der Waals surface area contributed by atoms with Crippen LogP contribution in [0.1, 0.15) is 26.3 Å². The van der Waals surface area contributed by atoms with Crippen molar-refractivity contribution in [1.29, 1.82) is 0 Å². The fourth-order valence-electron chi connectivity index (χ4n) is 2.65. The predicted octanol–water partition coefficient (Wildman–Crippen LogP) is 3.18. The maximum absolute atomic E-state index is 13.5. The van der Waals surface area contributed by atoms with Crippen molar-refractivity contribution in [3.63, 3.8) is 0 Å². The third-order valence-electron chi connectivity index (χ3n) is 3.93. The van der Waals surface area contributed by atoms with Gasteiger partial charge in [-0.15, -0.1) is 0 Å². The summed E-state index contributed by atoms with van der Waals surface area (Å²) in [5, 5.41) is 0. The number of rotatable bonds is 5. The molecular weight excluding hydrogens is 379 g/mol. The molecule has 158 valence electrons. The summed E-state index contributed by atoms with van der Waals surface area (Å²) in [6.07, 6.45) is -3.79. The fourth-order valence-corrected chi connectivity index (χ4v) is 2.65. The van der Waals surface area contributed by atoms with Gasteiger partial charge in [0.2, 0.25) is 0 Å². The molecule has 0 aliphatic carbocycles. The molecule has 0 radical (unpaired) electrons. The molecule has 2 rings (SSSR count). The molecule has 1 aliphatic rings. The van der Waals surface area contributed by atoms with E-state index in [0.29, 0.717) is 0 Å². The number of alkyl halides is 3. The lowest BCUT2D eigenvalue weighted by atomic mass is 10.2. The van der Waals surface area contributed by atoms with E-state index in [1.54, 1.807) is 20.8 Å². The molecule has 2 heterocycles. The highest BCUT2D eigenvalue weighted by Crippen LogP contribution is 2.37. The second-order valence-electron chi connectivity index (χ2n) is 7.34. The van der Waals surface area contributed by atoms with Crippen LogP contribution < -0.4 is 9.64 Å². The van der Waals surface area contributed by atoms with Gasteiger partial charge < -0.3 is 24.0 Å². The quantitative estimate of drug-likeness (QED) is 0.701. The van der Waals surface area contributed by atoms with Crippen LogP contribution in [0.2, 0.25) is 0 Å². The van der Waals surface area contributed by atoms with Gasteiger partial charge in [0.05, 0.1) is 12.8 Å². The highest BCUT2D eigenvalue weighted by atomic mass is 19.4. The number of halogens is 3. The standard InChI is InChI=1S/C18H26F3N3O4/c1-17(2,3)28-16(25)24-7-5-23(6-8-24)15-14(18(19,20)21)11-13(12-22-15)27-10-9-26-4/h11-12H,5-10H2,1-4H3. The summed E-state index contributed by atoms with van der Waals surface area (Å²) in [6, 6.07) is 0.943. The summed E-state index contributed by atoms with van der Waals surface area (Å²) < 4.78 is 56.0. The number of nitrogens with zero attached hydrogens (tertiary/aromatic N) is 3. The van der Waals surface area contributed by atoms with Crippen LogP contribution in [0.5, 0.6) is 5.75 Å². The minimum absolute atomic E-state index is 0.0283. The molecule has 0 bridgehead atoms. The molecule has 0 unspecified atom stereocenters. The van der Waals surface area contributed by atoms with Gasteiger partial charge in [-0.1, -0.05) is 0 Å². The number of anilines is 1. The first kappa shape index (κ1) is 22.1. The summed E-state index contributed by atoms with van der Waals surface area (Å²) in [7, 11) is 1.47. The summed E-state index contributed by atoms with van der Waals surface area (Å²) >= 11 is 0. The Labute approximate surface area is 162 Å². The van der Waals surface area contributed by atoms with E-state index in [1.165, 1.54) is 23.1 Å². The lowest BCUT2D eigenvalue weighted by molar-refractivity contribution is -0.137. The topological polar surface area (TPSA) is 64.1 Å². The third kappa shape index (κ3) is 6.15. The molecule has 10 heteroatoms. The monoisotopic (exact) mass is 405 g/mol. The largest absolute Gasteiger partial charge is 0.490 e. The Morgan fingerprint density at radius 2 is 1.79 bits per heavy atom. The average molecular weight is 405 g/mol. The van der Waals surface area contributed by atoms with E-state index in [2.05, 4.69) is 4.98 Å². The number of hydrogen-bond acceptors (Lipinski definition) is 6. The van der Waals surface area contributed by atoms with Crippen LogP contribution in [-0.4, -0.2) is 68.1 Å². The number of methoxy groups -OCH3 is 1. The van der Waals surface area contributed by atoms with Crippen molar-refractivity contribution in [3.8, 4) is 5.75 Å². The van der Waals surface area contributed by atoms with E-state index >= 15 is 0 Å². The molecular formula is C18H26F3N3O4. The predicted molar refractivity (Wildman–Crippen MR) is 96.6 cm³/mol. The van der Waals surface area contributed by atoms with Crippen LogP contribution >= 0.6 is 0 Å². The van der Waals surface area contributed by atoms with Gasteiger partial charge in [0.15, 0.2) is 0 Å². The summed E-state index contributed by atoms with van der Waals surface area (Å²) in [5.41, 5.74) is -1.49. The van der Waals surface area contributed by atoms with Gasteiger partial charge in [-0.25, -0.2) is 9.78 Å². The first-order chi connectivity index (χ1) is 13.0. The Morgan fingerprint density at radius 1 is 1.14 bits per heavy atom. The molecule has 28 heavy (non-hydrogen) atoms. The van der Waals surface area contributed by atoms with E-state index in [4.69, 9.17) is 14.2 Å². The van der Waals surface area contributed by atoms with Gasteiger partial charge in [-0.05, 0) is 26.8 Å². The fraction of sp³-hybridized carbons (Fsp3) is 0.667. The van der Waals surface area contributed by atoms with Crippen molar-refractivity contribution >= 4 is 11.9 Å². The summed E-state index contributed by atoms with van der Waals surface area (Å²) in [4.78, 5) is 19.1.